The highest BCUT2D eigenvalue weighted by molar-refractivity contribution is 7.47. The fourth-order valence-corrected chi connectivity index (χ4v) is 3.87. The van der Waals surface area contributed by atoms with Crippen molar-refractivity contribution in [3.63, 3.8) is 0 Å². The Hall–Kier alpha value is -0.250. The van der Waals surface area contributed by atoms with Crippen LogP contribution in [0.2, 0.25) is 0 Å². The topological polar surface area (TPSA) is 110 Å². The molecule has 0 bridgehead atoms. The first-order valence-electron chi connectivity index (χ1n) is 9.27. The van der Waals surface area contributed by atoms with Gasteiger partial charge >= 0.3 is 7.82 Å². The van der Waals surface area contributed by atoms with Gasteiger partial charge in [0.2, 0.25) is 0 Å². The molecular weight excluding hydrogens is 389 g/mol. The Kier molecular flexibility index (Phi) is 8.73. The standard InChI is InChI=1S/C16H27B2O9P/c1-8(2)22-6-11-10(5-13(17)25-11)27-28(20,21)23-7-12-15(24-9(3)4)14(19)16(18)26-12/h8-13,15-16H,5-7H2,1-4H3,(H,20,21)/t10-,11-,12-,13-,15+,16-/m1/s1. The molecule has 12 heteroatoms. The SMILES string of the molecule is [B][C@@H]1O[C@H](COP(=O)(O)O[C@@H]2C[C@H]([B])O[C@@H]2COC(C)C)[C@H](OC(C)C)C1=O. The van der Waals surface area contributed by atoms with Crippen LogP contribution < -0.4 is 0 Å². The van der Waals surface area contributed by atoms with Crippen LogP contribution in [0.25, 0.3) is 0 Å². The predicted octanol–water partition coefficient (Wildman–Crippen LogP) is 0.453. The number of ketones is 1. The second-order valence-electron chi connectivity index (χ2n) is 7.34. The summed E-state index contributed by atoms with van der Waals surface area (Å²) in [6.45, 7) is 6.96. The second kappa shape index (κ2) is 10.2. The van der Waals surface area contributed by atoms with E-state index in [1.807, 2.05) is 13.8 Å². The molecule has 0 spiro atoms. The summed E-state index contributed by atoms with van der Waals surface area (Å²) in [5, 5.41) is 0. The van der Waals surface area contributed by atoms with Crippen LogP contribution in [-0.4, -0.2) is 88.2 Å². The molecule has 2 saturated heterocycles. The lowest BCUT2D eigenvalue weighted by molar-refractivity contribution is -0.130. The van der Waals surface area contributed by atoms with Crippen molar-refractivity contribution in [1.82, 2.24) is 0 Å². The Balaban J connectivity index is 1.91. The molecule has 0 aromatic carbocycles. The smallest absolute Gasteiger partial charge is 0.380 e. The molecule has 2 aliphatic heterocycles. The summed E-state index contributed by atoms with van der Waals surface area (Å²) in [5.74, 6) is -0.447. The fourth-order valence-electron chi connectivity index (χ4n) is 2.91. The van der Waals surface area contributed by atoms with Crippen molar-refractivity contribution in [3.8, 4) is 0 Å². The molecule has 2 rings (SSSR count). The zero-order chi connectivity index (χ0) is 21.1. The molecule has 0 aliphatic carbocycles. The third kappa shape index (κ3) is 6.92. The van der Waals surface area contributed by atoms with E-state index in [-0.39, 0.29) is 25.2 Å². The highest BCUT2D eigenvalue weighted by Gasteiger charge is 2.44. The van der Waals surface area contributed by atoms with Crippen LogP contribution in [0.1, 0.15) is 34.1 Å². The molecule has 1 N–H and O–H groups in total. The van der Waals surface area contributed by atoms with Crippen LogP contribution in [0.3, 0.4) is 0 Å². The van der Waals surface area contributed by atoms with E-state index >= 15 is 0 Å². The van der Waals surface area contributed by atoms with Crippen molar-refractivity contribution < 1.29 is 42.2 Å². The Morgan fingerprint density at radius 3 is 2.43 bits per heavy atom. The van der Waals surface area contributed by atoms with Gasteiger partial charge in [0.05, 0.1) is 37.5 Å². The number of hydrogen-bond acceptors (Lipinski definition) is 8. The Labute approximate surface area is 168 Å². The average molecular weight is 416 g/mol. The molecule has 0 saturated carbocycles. The summed E-state index contributed by atoms with van der Waals surface area (Å²) in [7, 11) is 6.85. The minimum absolute atomic E-state index is 0.0441. The van der Waals surface area contributed by atoms with Gasteiger partial charge in [-0.25, -0.2) is 4.57 Å². The van der Waals surface area contributed by atoms with E-state index in [0.717, 1.165) is 0 Å². The van der Waals surface area contributed by atoms with Crippen molar-refractivity contribution in [3.05, 3.63) is 0 Å². The summed E-state index contributed by atoms with van der Waals surface area (Å²) < 4.78 is 44.4. The second-order valence-corrected chi connectivity index (χ2v) is 8.75. The Morgan fingerprint density at radius 1 is 1.14 bits per heavy atom. The van der Waals surface area contributed by atoms with E-state index in [4.69, 9.17) is 43.7 Å². The van der Waals surface area contributed by atoms with Crippen LogP contribution in [0.4, 0.5) is 0 Å². The molecule has 1 unspecified atom stereocenters. The third-order valence-corrected chi connectivity index (χ3v) is 5.14. The lowest BCUT2D eigenvalue weighted by atomic mass is 9.94. The third-order valence-electron chi connectivity index (χ3n) is 4.13. The fraction of sp³-hybridized carbons (Fsp3) is 0.938. The molecule has 4 radical (unpaired) electrons. The molecule has 0 aromatic rings. The summed E-state index contributed by atoms with van der Waals surface area (Å²) in [5.41, 5.74) is 0. The minimum atomic E-state index is -4.48. The average Bonchev–Trinajstić information content (AvgIpc) is 3.04. The Morgan fingerprint density at radius 2 is 1.82 bits per heavy atom. The predicted molar refractivity (Wildman–Crippen MR) is 100 cm³/mol. The van der Waals surface area contributed by atoms with Gasteiger partial charge in [-0.15, -0.1) is 0 Å². The first kappa shape index (κ1) is 24.0. The molecule has 0 amide bonds. The van der Waals surface area contributed by atoms with Crippen LogP contribution in [0.5, 0.6) is 0 Å². The summed E-state index contributed by atoms with van der Waals surface area (Å²) in [6, 6.07) is -1.81. The van der Waals surface area contributed by atoms with Crippen molar-refractivity contribution in [2.24, 2.45) is 0 Å². The van der Waals surface area contributed by atoms with Gasteiger partial charge in [0, 0.05) is 6.00 Å². The van der Waals surface area contributed by atoms with Gasteiger partial charge < -0.3 is 23.8 Å². The quantitative estimate of drug-likeness (QED) is 0.401. The van der Waals surface area contributed by atoms with Gasteiger partial charge in [-0.1, -0.05) is 0 Å². The number of rotatable bonds is 10. The normalized spacial score (nSPS) is 35.8. The number of Topliss-reactive ketones (excluding diaryl/α,β-unsaturated/α-hetero) is 1. The number of ether oxygens (including phenoxy) is 4. The molecule has 156 valence electrons. The monoisotopic (exact) mass is 416 g/mol. The molecule has 0 aromatic heterocycles. The lowest BCUT2D eigenvalue weighted by Gasteiger charge is -2.24. The van der Waals surface area contributed by atoms with Gasteiger partial charge in [0.25, 0.3) is 0 Å². The van der Waals surface area contributed by atoms with E-state index < -0.39 is 56.6 Å². The number of carbonyl (C=O) groups is 1. The highest BCUT2D eigenvalue weighted by atomic mass is 31.2. The number of carbonyl (C=O) groups excluding carboxylic acids is 1. The maximum atomic E-state index is 12.4. The minimum Gasteiger partial charge on any atom is -0.380 e. The van der Waals surface area contributed by atoms with E-state index in [1.54, 1.807) is 13.8 Å². The first-order chi connectivity index (χ1) is 13.0. The number of hydrogen-bond donors (Lipinski definition) is 1. The van der Waals surface area contributed by atoms with Crippen molar-refractivity contribution >= 4 is 29.3 Å². The zero-order valence-corrected chi connectivity index (χ0v) is 17.4. The largest absolute Gasteiger partial charge is 0.472 e. The molecular formula is C16H27B2O9P. The van der Waals surface area contributed by atoms with Crippen LogP contribution in [0.15, 0.2) is 0 Å². The van der Waals surface area contributed by atoms with Gasteiger partial charge in [0.1, 0.15) is 34.0 Å². The van der Waals surface area contributed by atoms with Gasteiger partial charge in [-0.2, -0.15) is 0 Å². The number of phosphoric acid groups is 1. The molecule has 2 fully saturated rings. The first-order valence-corrected chi connectivity index (χ1v) is 10.8. The molecule has 7 atom stereocenters. The summed E-state index contributed by atoms with van der Waals surface area (Å²) in [6.07, 6.45) is -3.38. The van der Waals surface area contributed by atoms with Crippen LogP contribution >= 0.6 is 7.82 Å². The van der Waals surface area contributed by atoms with Crippen LogP contribution in [0, 0.1) is 0 Å². The van der Waals surface area contributed by atoms with E-state index in [0.29, 0.717) is 0 Å². The summed E-state index contributed by atoms with van der Waals surface area (Å²) >= 11 is 0. The van der Waals surface area contributed by atoms with Gasteiger partial charge in [0.15, 0.2) is 5.78 Å². The lowest BCUT2D eigenvalue weighted by Crippen LogP contribution is -2.36. The van der Waals surface area contributed by atoms with Gasteiger partial charge in [-0.3, -0.25) is 13.8 Å². The van der Waals surface area contributed by atoms with E-state index in [1.165, 1.54) is 0 Å². The summed E-state index contributed by atoms with van der Waals surface area (Å²) in [4.78, 5) is 22.1. The van der Waals surface area contributed by atoms with Crippen molar-refractivity contribution in [2.75, 3.05) is 13.2 Å². The highest BCUT2D eigenvalue weighted by Crippen LogP contribution is 2.47. The van der Waals surface area contributed by atoms with E-state index in [2.05, 4.69) is 0 Å². The molecule has 2 heterocycles. The van der Waals surface area contributed by atoms with E-state index in [9.17, 15) is 14.3 Å². The van der Waals surface area contributed by atoms with Crippen molar-refractivity contribution in [1.29, 1.82) is 0 Å². The number of phosphoric ester groups is 1. The van der Waals surface area contributed by atoms with Crippen molar-refractivity contribution in [2.45, 2.75) is 82.7 Å². The van der Waals surface area contributed by atoms with Gasteiger partial charge in [-0.05, 0) is 34.1 Å². The maximum Gasteiger partial charge on any atom is 0.472 e. The molecule has 2 aliphatic rings. The molecule has 28 heavy (non-hydrogen) atoms. The Bertz CT molecular complexity index is 576. The zero-order valence-electron chi connectivity index (χ0n) is 16.6. The molecule has 9 nitrogen and oxygen atoms in total. The maximum absolute atomic E-state index is 12.4. The van der Waals surface area contributed by atoms with Crippen LogP contribution in [-0.2, 0) is 37.4 Å².